The zero-order chi connectivity index (χ0) is 19.2. The van der Waals surface area contributed by atoms with Gasteiger partial charge in [-0.25, -0.2) is 0 Å². The summed E-state index contributed by atoms with van der Waals surface area (Å²) in [6, 6.07) is 14.5. The fourth-order valence-electron chi connectivity index (χ4n) is 4.43. The molecular formula is C23H29N3O2. The molecular weight excluding hydrogens is 350 g/mol. The summed E-state index contributed by atoms with van der Waals surface area (Å²) in [4.78, 5) is 21.8. The molecule has 0 aliphatic carbocycles. The number of hydrogen-bond donors (Lipinski definition) is 0. The molecule has 0 N–H and O–H groups in total. The molecule has 1 spiro atoms. The van der Waals surface area contributed by atoms with E-state index >= 15 is 0 Å². The minimum absolute atomic E-state index is 0.133. The first-order chi connectivity index (χ1) is 13.8. The fourth-order valence-corrected chi connectivity index (χ4v) is 4.43. The summed E-state index contributed by atoms with van der Waals surface area (Å²) in [5, 5.41) is 0. The zero-order valence-electron chi connectivity index (χ0n) is 16.4. The van der Waals surface area contributed by atoms with E-state index in [-0.39, 0.29) is 11.4 Å². The van der Waals surface area contributed by atoms with E-state index in [9.17, 15) is 4.79 Å². The highest BCUT2D eigenvalue weighted by atomic mass is 16.5. The van der Waals surface area contributed by atoms with Gasteiger partial charge >= 0.3 is 0 Å². The lowest BCUT2D eigenvalue weighted by Crippen LogP contribution is -2.63. The summed E-state index contributed by atoms with van der Waals surface area (Å²) in [6.07, 6.45) is 7.01. The van der Waals surface area contributed by atoms with Crippen LogP contribution in [-0.4, -0.2) is 65.6 Å². The quantitative estimate of drug-likeness (QED) is 0.801. The summed E-state index contributed by atoms with van der Waals surface area (Å²) in [6.45, 7) is 5.13. The fraction of sp³-hybridized carbons (Fsp3) is 0.478. The molecule has 0 unspecified atom stereocenters. The molecule has 2 aliphatic heterocycles. The molecule has 2 aliphatic rings. The number of rotatable bonds is 5. The van der Waals surface area contributed by atoms with Crippen molar-refractivity contribution in [3.05, 3.63) is 66.0 Å². The molecule has 3 heterocycles. The van der Waals surface area contributed by atoms with Crippen molar-refractivity contribution in [2.45, 2.75) is 31.2 Å². The largest absolute Gasteiger partial charge is 0.377 e. The Kier molecular flexibility index (Phi) is 6.03. The van der Waals surface area contributed by atoms with Crippen LogP contribution in [0.1, 0.15) is 24.0 Å². The van der Waals surface area contributed by atoms with E-state index in [0.717, 1.165) is 44.5 Å². The molecule has 0 bridgehead atoms. The van der Waals surface area contributed by atoms with Crippen molar-refractivity contribution in [2.24, 2.45) is 0 Å². The van der Waals surface area contributed by atoms with Gasteiger partial charge < -0.3 is 14.5 Å². The van der Waals surface area contributed by atoms with Gasteiger partial charge in [0, 0.05) is 38.6 Å². The number of piperidine rings is 1. The second kappa shape index (κ2) is 8.84. The predicted molar refractivity (Wildman–Crippen MR) is 109 cm³/mol. The van der Waals surface area contributed by atoms with Crippen molar-refractivity contribution < 1.29 is 9.53 Å². The molecule has 1 aromatic heterocycles. The maximum absolute atomic E-state index is 13.1. The third kappa shape index (κ3) is 4.42. The number of amides is 1. The smallest absolute Gasteiger partial charge is 0.227 e. The van der Waals surface area contributed by atoms with Crippen molar-refractivity contribution in [3.63, 3.8) is 0 Å². The summed E-state index contributed by atoms with van der Waals surface area (Å²) < 4.78 is 5.84. The number of aromatic nitrogens is 1. The van der Waals surface area contributed by atoms with Crippen molar-refractivity contribution in [2.75, 3.05) is 39.4 Å². The monoisotopic (exact) mass is 379 g/mol. The van der Waals surface area contributed by atoms with Crippen LogP contribution in [0.15, 0.2) is 54.9 Å². The first-order valence-corrected chi connectivity index (χ1v) is 10.3. The first-order valence-electron chi connectivity index (χ1n) is 10.3. The number of likely N-dealkylation sites (tertiary alicyclic amines) is 1. The maximum atomic E-state index is 13.1. The molecule has 2 saturated heterocycles. The van der Waals surface area contributed by atoms with Gasteiger partial charge in [-0.3, -0.25) is 9.78 Å². The van der Waals surface area contributed by atoms with Crippen molar-refractivity contribution in [3.8, 4) is 0 Å². The molecule has 148 valence electrons. The Balaban J connectivity index is 1.35. The standard InChI is InChI=1S/C23H29N3O2/c27-22(18-21-6-11-24-12-7-21)26-16-17-28-19-23(26)9-14-25(15-10-23)13-8-20-4-2-1-3-5-20/h1-7,11-12H,8-10,13-19H2. The van der Waals surface area contributed by atoms with E-state index < -0.39 is 0 Å². The molecule has 0 radical (unpaired) electrons. The molecule has 0 saturated carbocycles. The Labute approximate surface area is 167 Å². The number of morpholine rings is 1. The normalized spacial score (nSPS) is 19.6. The van der Waals surface area contributed by atoms with Crippen LogP contribution in [0.25, 0.3) is 0 Å². The number of hydrogen-bond acceptors (Lipinski definition) is 4. The summed E-state index contributed by atoms with van der Waals surface area (Å²) in [7, 11) is 0. The van der Waals surface area contributed by atoms with Crippen molar-refractivity contribution >= 4 is 5.91 Å². The van der Waals surface area contributed by atoms with Crippen LogP contribution >= 0.6 is 0 Å². The molecule has 4 rings (SSSR count). The SMILES string of the molecule is O=C(Cc1ccncc1)N1CCOCC12CCN(CCc1ccccc1)CC2. The highest BCUT2D eigenvalue weighted by Crippen LogP contribution is 2.32. The Morgan fingerprint density at radius 1 is 1.00 bits per heavy atom. The van der Waals surface area contributed by atoms with Crippen LogP contribution in [0.4, 0.5) is 0 Å². The molecule has 0 atom stereocenters. The lowest BCUT2D eigenvalue weighted by molar-refractivity contribution is -0.153. The van der Waals surface area contributed by atoms with Crippen LogP contribution in [-0.2, 0) is 22.4 Å². The molecule has 1 amide bonds. The van der Waals surface area contributed by atoms with Crippen LogP contribution < -0.4 is 0 Å². The van der Waals surface area contributed by atoms with Crippen LogP contribution in [0.5, 0.6) is 0 Å². The molecule has 5 nitrogen and oxygen atoms in total. The van der Waals surface area contributed by atoms with Crippen LogP contribution in [0, 0.1) is 0 Å². The predicted octanol–water partition coefficient (Wildman–Crippen LogP) is 2.56. The van der Waals surface area contributed by atoms with Gasteiger partial charge in [0.25, 0.3) is 0 Å². The Bertz CT molecular complexity index is 758. The molecule has 5 heteroatoms. The Morgan fingerprint density at radius 2 is 1.75 bits per heavy atom. The average molecular weight is 380 g/mol. The lowest BCUT2D eigenvalue weighted by Gasteiger charge is -2.51. The van der Waals surface area contributed by atoms with E-state index in [4.69, 9.17) is 4.74 Å². The molecule has 1 aromatic carbocycles. The lowest BCUT2D eigenvalue weighted by atomic mass is 9.84. The van der Waals surface area contributed by atoms with Gasteiger partial charge in [0.1, 0.15) is 0 Å². The second-order valence-electron chi connectivity index (χ2n) is 7.93. The van der Waals surface area contributed by atoms with Crippen molar-refractivity contribution in [1.29, 1.82) is 0 Å². The summed E-state index contributed by atoms with van der Waals surface area (Å²) >= 11 is 0. The Morgan fingerprint density at radius 3 is 2.50 bits per heavy atom. The molecule has 2 fully saturated rings. The van der Waals surface area contributed by atoms with Gasteiger partial charge in [-0.2, -0.15) is 0 Å². The minimum Gasteiger partial charge on any atom is -0.377 e. The summed E-state index contributed by atoms with van der Waals surface area (Å²) in [5.41, 5.74) is 2.28. The second-order valence-corrected chi connectivity index (χ2v) is 7.93. The van der Waals surface area contributed by atoms with E-state index in [2.05, 4.69) is 45.1 Å². The number of carbonyl (C=O) groups excluding carboxylic acids is 1. The number of ether oxygens (including phenoxy) is 1. The number of benzene rings is 1. The third-order valence-corrected chi connectivity index (χ3v) is 6.15. The first kappa shape index (κ1) is 19.1. The third-order valence-electron chi connectivity index (χ3n) is 6.15. The molecule has 2 aromatic rings. The average Bonchev–Trinajstić information content (AvgIpc) is 2.75. The Hall–Kier alpha value is -2.24. The van der Waals surface area contributed by atoms with Gasteiger partial charge in [0.15, 0.2) is 0 Å². The topological polar surface area (TPSA) is 45.7 Å². The van der Waals surface area contributed by atoms with Crippen LogP contribution in [0.2, 0.25) is 0 Å². The summed E-state index contributed by atoms with van der Waals surface area (Å²) in [5.74, 6) is 0.215. The van der Waals surface area contributed by atoms with Gasteiger partial charge in [0.05, 0.1) is 25.2 Å². The van der Waals surface area contributed by atoms with Gasteiger partial charge in [-0.15, -0.1) is 0 Å². The van der Waals surface area contributed by atoms with Crippen LogP contribution in [0.3, 0.4) is 0 Å². The highest BCUT2D eigenvalue weighted by Gasteiger charge is 2.44. The number of nitrogens with zero attached hydrogens (tertiary/aromatic N) is 3. The number of carbonyl (C=O) groups is 1. The zero-order valence-corrected chi connectivity index (χ0v) is 16.4. The number of pyridine rings is 1. The molecule has 28 heavy (non-hydrogen) atoms. The van der Waals surface area contributed by atoms with E-state index in [1.807, 2.05) is 12.1 Å². The highest BCUT2D eigenvalue weighted by molar-refractivity contribution is 5.79. The minimum atomic E-state index is -0.133. The van der Waals surface area contributed by atoms with E-state index in [1.54, 1.807) is 12.4 Å². The van der Waals surface area contributed by atoms with Crippen molar-refractivity contribution in [1.82, 2.24) is 14.8 Å². The maximum Gasteiger partial charge on any atom is 0.227 e. The van der Waals surface area contributed by atoms with Gasteiger partial charge in [-0.05, 0) is 42.5 Å². The van der Waals surface area contributed by atoms with Gasteiger partial charge in [0.2, 0.25) is 5.91 Å². The van der Waals surface area contributed by atoms with E-state index in [0.29, 0.717) is 26.2 Å². The van der Waals surface area contributed by atoms with E-state index in [1.165, 1.54) is 5.56 Å². The van der Waals surface area contributed by atoms with Gasteiger partial charge in [-0.1, -0.05) is 30.3 Å².